The summed E-state index contributed by atoms with van der Waals surface area (Å²) in [6.07, 6.45) is 3.14. The Morgan fingerprint density at radius 1 is 1.23 bits per heavy atom. The maximum Gasteiger partial charge on any atom is 0.146 e. The summed E-state index contributed by atoms with van der Waals surface area (Å²) in [4.78, 5) is 11.6. The highest BCUT2D eigenvalue weighted by Crippen LogP contribution is 2.23. The Labute approximate surface area is 136 Å². The summed E-state index contributed by atoms with van der Waals surface area (Å²) in [7, 11) is 0. The van der Waals surface area contributed by atoms with E-state index in [1.165, 1.54) is 5.56 Å². The number of halogens is 1. The molecule has 2 aliphatic rings. The molecule has 0 N–H and O–H groups in total. The lowest BCUT2D eigenvalue weighted by atomic mass is 10.0. The number of benzene rings is 1. The molecular weight excluding hydrogens is 302 g/mol. The molecule has 2 saturated heterocycles. The summed E-state index contributed by atoms with van der Waals surface area (Å²) in [5, 5.41) is 0.754. The Balaban J connectivity index is 1.72. The zero-order chi connectivity index (χ0) is 15.4. The number of ketones is 1. The maximum absolute atomic E-state index is 11.6. The molecule has 118 valence electrons. The zero-order valence-electron chi connectivity index (χ0n) is 12.6. The number of carbonyl (C=O) groups excluding carboxylic acids is 1. The van der Waals surface area contributed by atoms with Crippen LogP contribution in [0.4, 0.5) is 0 Å². The first kappa shape index (κ1) is 15.9. The molecule has 2 fully saturated rings. The number of morpholine rings is 1. The molecule has 1 atom stereocenters. The molecule has 2 heterocycles. The van der Waals surface area contributed by atoms with E-state index < -0.39 is 0 Å². The van der Waals surface area contributed by atoms with Gasteiger partial charge in [0, 0.05) is 17.0 Å². The van der Waals surface area contributed by atoms with Crippen LogP contribution in [0.25, 0.3) is 0 Å². The van der Waals surface area contributed by atoms with Crippen LogP contribution < -0.4 is 0 Å². The number of Topliss-reactive ketones (excluding diaryl/α,β-unsaturated/α-hetero) is 1. The van der Waals surface area contributed by atoms with E-state index in [4.69, 9.17) is 21.1 Å². The highest BCUT2D eigenvalue weighted by Gasteiger charge is 2.36. The largest absolute Gasteiger partial charge is 0.371 e. The van der Waals surface area contributed by atoms with Gasteiger partial charge in [-0.25, -0.2) is 0 Å². The van der Waals surface area contributed by atoms with Crippen molar-refractivity contribution in [1.82, 2.24) is 0 Å². The van der Waals surface area contributed by atoms with Crippen LogP contribution in [0.5, 0.6) is 0 Å². The van der Waals surface area contributed by atoms with E-state index >= 15 is 0 Å². The molecule has 1 unspecified atom stereocenters. The van der Waals surface area contributed by atoms with Crippen molar-refractivity contribution in [3.05, 3.63) is 41.3 Å². The van der Waals surface area contributed by atoms with Crippen LogP contribution in [0.2, 0.25) is 5.02 Å². The average molecular weight is 323 g/mol. The lowest BCUT2D eigenvalue weighted by Crippen LogP contribution is -2.58. The third-order valence-corrected chi connectivity index (χ3v) is 4.70. The molecule has 1 aromatic carbocycles. The van der Waals surface area contributed by atoms with Crippen molar-refractivity contribution in [3.8, 4) is 0 Å². The molecule has 0 spiro atoms. The fraction of sp³-hybridized carbons (Fsp3) is 0.529. The minimum absolute atomic E-state index is 0.0147. The van der Waals surface area contributed by atoms with Gasteiger partial charge < -0.3 is 14.0 Å². The van der Waals surface area contributed by atoms with Crippen molar-refractivity contribution >= 4 is 17.4 Å². The van der Waals surface area contributed by atoms with Gasteiger partial charge in [-0.15, -0.1) is 0 Å². The van der Waals surface area contributed by atoms with Gasteiger partial charge in [-0.05, 0) is 12.1 Å². The molecular formula is C17H21ClNO3+. The number of nitrogens with zero attached hydrogens (tertiary/aromatic N) is 1. The monoisotopic (exact) mass is 322 g/mol. The predicted octanol–water partition coefficient (Wildman–Crippen LogP) is 2.13. The molecule has 3 rings (SSSR count). The van der Waals surface area contributed by atoms with E-state index in [0.717, 1.165) is 48.9 Å². The van der Waals surface area contributed by atoms with Crippen molar-refractivity contribution in [2.45, 2.75) is 19.1 Å². The van der Waals surface area contributed by atoms with E-state index in [2.05, 4.69) is 18.6 Å². The number of hydrogen-bond acceptors (Lipinski definition) is 3. The molecule has 0 aliphatic carbocycles. The van der Waals surface area contributed by atoms with Gasteiger partial charge in [-0.2, -0.15) is 0 Å². The van der Waals surface area contributed by atoms with Crippen LogP contribution in [0, 0.1) is 6.42 Å². The Hall–Kier alpha value is -0.940. The van der Waals surface area contributed by atoms with Crippen LogP contribution in [0.3, 0.4) is 0 Å². The minimum atomic E-state index is -0.0147. The van der Waals surface area contributed by atoms with E-state index in [1.54, 1.807) is 0 Å². The molecule has 0 aromatic heterocycles. The summed E-state index contributed by atoms with van der Waals surface area (Å²) in [6, 6.07) is 8.01. The van der Waals surface area contributed by atoms with Crippen LogP contribution in [-0.2, 0) is 20.8 Å². The summed E-state index contributed by atoms with van der Waals surface area (Å²) in [5.74, 6) is 0.0779. The summed E-state index contributed by atoms with van der Waals surface area (Å²) in [5.41, 5.74) is 1.26. The second-order valence-electron chi connectivity index (χ2n) is 6.11. The van der Waals surface area contributed by atoms with Gasteiger partial charge in [0.25, 0.3) is 0 Å². The first-order valence-corrected chi connectivity index (χ1v) is 8.09. The molecule has 5 heteroatoms. The number of rotatable bonds is 4. The lowest BCUT2D eigenvalue weighted by Gasteiger charge is -2.43. The summed E-state index contributed by atoms with van der Waals surface area (Å²) < 4.78 is 12.2. The van der Waals surface area contributed by atoms with E-state index in [0.29, 0.717) is 13.0 Å². The van der Waals surface area contributed by atoms with Crippen LogP contribution >= 0.6 is 11.6 Å². The lowest BCUT2D eigenvalue weighted by molar-refractivity contribution is -0.950. The Bertz CT molecular complexity index is 511. The maximum atomic E-state index is 11.6. The normalized spacial score (nSPS) is 25.1. The van der Waals surface area contributed by atoms with E-state index in [1.807, 2.05) is 12.1 Å². The molecule has 1 aromatic rings. The first-order valence-electron chi connectivity index (χ1n) is 7.71. The number of ether oxygens (including phenoxy) is 2. The van der Waals surface area contributed by atoms with Crippen LogP contribution in [-0.4, -0.2) is 55.8 Å². The third-order valence-electron chi connectivity index (χ3n) is 4.44. The molecule has 2 radical (unpaired) electrons. The molecule has 0 saturated carbocycles. The van der Waals surface area contributed by atoms with Crippen LogP contribution in [0.15, 0.2) is 24.3 Å². The van der Waals surface area contributed by atoms with E-state index in [9.17, 15) is 4.79 Å². The molecule has 0 amide bonds. The average Bonchev–Trinajstić information content (AvgIpc) is 2.50. The van der Waals surface area contributed by atoms with Crippen molar-refractivity contribution in [1.29, 1.82) is 0 Å². The summed E-state index contributed by atoms with van der Waals surface area (Å²) in [6.45, 7) is 5.50. The Kier molecular flexibility index (Phi) is 5.14. The van der Waals surface area contributed by atoms with Gasteiger partial charge in [0.2, 0.25) is 0 Å². The molecule has 22 heavy (non-hydrogen) atoms. The van der Waals surface area contributed by atoms with Crippen molar-refractivity contribution in [2.24, 2.45) is 0 Å². The number of hydrogen-bond donors (Lipinski definition) is 0. The topological polar surface area (TPSA) is 35.5 Å². The smallest absolute Gasteiger partial charge is 0.146 e. The minimum Gasteiger partial charge on any atom is -0.371 e. The van der Waals surface area contributed by atoms with Crippen LogP contribution in [0.1, 0.15) is 12.0 Å². The van der Waals surface area contributed by atoms with Gasteiger partial charge in [0.05, 0.1) is 26.2 Å². The number of quaternary nitrogens is 1. The zero-order valence-corrected chi connectivity index (χ0v) is 13.3. The second-order valence-corrected chi connectivity index (χ2v) is 6.54. The predicted molar refractivity (Wildman–Crippen MR) is 83.4 cm³/mol. The van der Waals surface area contributed by atoms with Gasteiger partial charge in [0.1, 0.15) is 38.1 Å². The fourth-order valence-corrected chi connectivity index (χ4v) is 3.37. The number of carbonyl (C=O) groups is 1. The Morgan fingerprint density at radius 3 is 2.64 bits per heavy atom. The highest BCUT2D eigenvalue weighted by atomic mass is 35.5. The van der Waals surface area contributed by atoms with Gasteiger partial charge in [-0.3, -0.25) is 4.79 Å². The Morgan fingerprint density at radius 2 is 1.95 bits per heavy atom. The second kappa shape index (κ2) is 7.09. The standard InChI is InChI=1S/C17H21ClNO3/c18-15-3-1-14(2-4-15)12-19(6-9-21-10-7-19)13-17-11-16(20)5-8-22-17/h1-4,17H,6-13H2/q+1. The summed E-state index contributed by atoms with van der Waals surface area (Å²) >= 11 is 5.97. The molecule has 2 aliphatic heterocycles. The fourth-order valence-electron chi connectivity index (χ4n) is 3.24. The quantitative estimate of drug-likeness (QED) is 0.797. The van der Waals surface area contributed by atoms with Crippen molar-refractivity contribution in [3.63, 3.8) is 0 Å². The SMILES string of the molecule is O=C1[C]COC(C[N+]2(Cc3ccc(Cl)cc3)CCOCC2)C1. The molecule has 0 bridgehead atoms. The van der Waals surface area contributed by atoms with Gasteiger partial charge in [-0.1, -0.05) is 23.7 Å². The van der Waals surface area contributed by atoms with Gasteiger partial charge >= 0.3 is 0 Å². The van der Waals surface area contributed by atoms with Crippen molar-refractivity contribution in [2.75, 3.05) is 39.5 Å². The third kappa shape index (κ3) is 4.07. The van der Waals surface area contributed by atoms with Crippen molar-refractivity contribution < 1.29 is 18.8 Å². The highest BCUT2D eigenvalue weighted by molar-refractivity contribution is 6.30. The first-order chi connectivity index (χ1) is 10.7. The van der Waals surface area contributed by atoms with Gasteiger partial charge in [0.15, 0.2) is 0 Å². The molecule has 4 nitrogen and oxygen atoms in total. The van der Waals surface area contributed by atoms with E-state index in [-0.39, 0.29) is 11.9 Å².